The molecule has 0 saturated heterocycles. The van der Waals surface area contributed by atoms with Crippen molar-refractivity contribution >= 4 is 21.9 Å². The van der Waals surface area contributed by atoms with Gasteiger partial charge in [-0.2, -0.15) is 13.2 Å². The molecule has 3 unspecified atom stereocenters. The van der Waals surface area contributed by atoms with Crippen molar-refractivity contribution in [1.82, 2.24) is 9.55 Å². The molecule has 8 heteroatoms. The number of carbonyl (C=O) groups is 1. The number of carbonyl (C=O) groups excluding carboxylic acids is 1. The van der Waals surface area contributed by atoms with Crippen molar-refractivity contribution in [2.75, 3.05) is 0 Å². The number of aryl methyl sites for hydroxylation is 1. The summed E-state index contributed by atoms with van der Waals surface area (Å²) in [5.41, 5.74) is -0.220. The van der Waals surface area contributed by atoms with Gasteiger partial charge in [0.25, 0.3) is 6.10 Å². The third-order valence-corrected chi connectivity index (χ3v) is 7.20. The Bertz CT molecular complexity index is 704. The van der Waals surface area contributed by atoms with Gasteiger partial charge < -0.3 is 9.30 Å². The number of rotatable bonds is 4. The molecule has 4 fully saturated rings. The fraction of sp³-hybridized carbons (Fsp3) is 0.778. The highest BCUT2D eigenvalue weighted by Crippen LogP contribution is 2.65. The standard InChI is InChI=1S/C18H22BrF3N2O2/c1-24-3-2-23-15(24)14(18(20,21)22)26-13(25)9-16-5-11-4-12(6-16)8-17(19,7-11)10-16/h2-3,11-12,14H,4-10H2,1H3. The van der Waals surface area contributed by atoms with Crippen molar-refractivity contribution in [3.8, 4) is 0 Å². The Labute approximate surface area is 158 Å². The minimum Gasteiger partial charge on any atom is -0.444 e. The van der Waals surface area contributed by atoms with Gasteiger partial charge in [-0.15, -0.1) is 0 Å². The molecule has 1 aromatic rings. The average molecular weight is 435 g/mol. The minimum absolute atomic E-state index is 0.0560. The fourth-order valence-corrected chi connectivity index (χ4v) is 7.43. The lowest BCUT2D eigenvalue weighted by Gasteiger charge is -2.60. The highest BCUT2D eigenvalue weighted by atomic mass is 79.9. The molecule has 1 heterocycles. The smallest absolute Gasteiger partial charge is 0.432 e. The summed E-state index contributed by atoms with van der Waals surface area (Å²) >= 11 is 3.86. The summed E-state index contributed by atoms with van der Waals surface area (Å²) in [7, 11) is 1.46. The second-order valence-corrected chi connectivity index (χ2v) is 10.3. The third-order valence-electron chi connectivity index (χ3n) is 6.27. The van der Waals surface area contributed by atoms with Gasteiger partial charge in [0.2, 0.25) is 0 Å². The molecule has 5 rings (SSSR count). The Morgan fingerprint density at radius 3 is 2.54 bits per heavy atom. The van der Waals surface area contributed by atoms with Gasteiger partial charge in [-0.3, -0.25) is 4.79 Å². The first-order valence-electron chi connectivity index (χ1n) is 9.00. The van der Waals surface area contributed by atoms with Gasteiger partial charge in [0.1, 0.15) is 0 Å². The Hall–Kier alpha value is -1.05. The minimum atomic E-state index is -4.69. The zero-order valence-corrected chi connectivity index (χ0v) is 16.1. The van der Waals surface area contributed by atoms with Crippen molar-refractivity contribution in [1.29, 1.82) is 0 Å². The van der Waals surface area contributed by atoms with E-state index in [1.165, 1.54) is 30.4 Å². The van der Waals surface area contributed by atoms with Crippen LogP contribution in [-0.2, 0) is 16.6 Å². The number of ether oxygens (including phenoxy) is 1. The van der Waals surface area contributed by atoms with E-state index in [0.29, 0.717) is 11.8 Å². The second-order valence-electron chi connectivity index (χ2n) is 8.60. The van der Waals surface area contributed by atoms with E-state index in [9.17, 15) is 18.0 Å². The summed E-state index contributed by atoms with van der Waals surface area (Å²) in [6.45, 7) is 0. The normalized spacial score (nSPS) is 37.0. The van der Waals surface area contributed by atoms with Gasteiger partial charge in [-0.1, -0.05) is 15.9 Å². The predicted octanol–water partition coefficient (Wildman–Crippen LogP) is 4.69. The zero-order chi connectivity index (χ0) is 18.7. The predicted molar refractivity (Wildman–Crippen MR) is 91.5 cm³/mol. The molecule has 0 aliphatic heterocycles. The van der Waals surface area contributed by atoms with Crippen molar-refractivity contribution in [2.24, 2.45) is 24.3 Å². The van der Waals surface area contributed by atoms with E-state index in [1.807, 2.05) is 0 Å². The van der Waals surface area contributed by atoms with Crippen LogP contribution in [0, 0.1) is 17.3 Å². The molecule has 4 aliphatic carbocycles. The zero-order valence-electron chi connectivity index (χ0n) is 14.6. The molecule has 0 spiro atoms. The summed E-state index contributed by atoms with van der Waals surface area (Å²) in [6, 6.07) is 0. The van der Waals surface area contributed by atoms with Crippen LogP contribution in [0.4, 0.5) is 13.2 Å². The largest absolute Gasteiger partial charge is 0.444 e. The monoisotopic (exact) mass is 434 g/mol. The van der Waals surface area contributed by atoms with E-state index in [4.69, 9.17) is 4.74 Å². The molecule has 3 atom stereocenters. The first kappa shape index (κ1) is 18.3. The highest BCUT2D eigenvalue weighted by molar-refractivity contribution is 9.10. The number of hydrogen-bond acceptors (Lipinski definition) is 3. The van der Waals surface area contributed by atoms with Gasteiger partial charge >= 0.3 is 12.1 Å². The first-order valence-corrected chi connectivity index (χ1v) is 9.79. The van der Waals surface area contributed by atoms with Crippen LogP contribution in [0.2, 0.25) is 0 Å². The summed E-state index contributed by atoms with van der Waals surface area (Å²) in [5.74, 6) is 0.0643. The maximum absolute atomic E-state index is 13.4. The molecule has 4 saturated carbocycles. The summed E-state index contributed by atoms with van der Waals surface area (Å²) in [6.07, 6.45) is 1.83. The van der Waals surface area contributed by atoms with E-state index >= 15 is 0 Å². The number of hydrogen-bond donors (Lipinski definition) is 0. The molecule has 0 N–H and O–H groups in total. The van der Waals surface area contributed by atoms with Crippen LogP contribution in [0.5, 0.6) is 0 Å². The molecule has 0 radical (unpaired) electrons. The van der Waals surface area contributed by atoms with Crippen LogP contribution in [-0.4, -0.2) is 26.0 Å². The molecule has 26 heavy (non-hydrogen) atoms. The van der Waals surface area contributed by atoms with E-state index in [0.717, 1.165) is 32.1 Å². The maximum Gasteiger partial charge on any atom is 0.432 e. The Morgan fingerprint density at radius 2 is 2.04 bits per heavy atom. The Balaban J connectivity index is 1.50. The maximum atomic E-state index is 13.4. The Kier molecular flexibility index (Phi) is 4.21. The quantitative estimate of drug-likeness (QED) is 0.509. The van der Waals surface area contributed by atoms with E-state index < -0.39 is 18.2 Å². The third kappa shape index (κ3) is 3.29. The molecule has 0 amide bonds. The van der Waals surface area contributed by atoms with Crippen molar-refractivity contribution in [3.05, 3.63) is 18.2 Å². The number of nitrogens with zero attached hydrogens (tertiary/aromatic N) is 2. The number of esters is 1. The summed E-state index contributed by atoms with van der Waals surface area (Å²) in [4.78, 5) is 16.3. The number of halogens is 4. The molecule has 0 aromatic carbocycles. The lowest BCUT2D eigenvalue weighted by molar-refractivity contribution is -0.228. The first-order chi connectivity index (χ1) is 12.1. The van der Waals surface area contributed by atoms with Gasteiger partial charge in [0, 0.05) is 23.8 Å². The summed E-state index contributed by atoms with van der Waals surface area (Å²) < 4.78 is 46.6. The van der Waals surface area contributed by atoms with Crippen LogP contribution in [0.25, 0.3) is 0 Å². The summed E-state index contributed by atoms with van der Waals surface area (Å²) in [5, 5.41) is 0. The van der Waals surface area contributed by atoms with Crippen molar-refractivity contribution in [3.63, 3.8) is 0 Å². The number of alkyl halides is 4. The van der Waals surface area contributed by atoms with Crippen molar-refractivity contribution in [2.45, 2.75) is 61.6 Å². The van der Waals surface area contributed by atoms with Crippen LogP contribution < -0.4 is 0 Å². The highest BCUT2D eigenvalue weighted by Gasteiger charge is 2.57. The topological polar surface area (TPSA) is 44.1 Å². The van der Waals surface area contributed by atoms with Gasteiger partial charge in [0.05, 0.1) is 6.42 Å². The average Bonchev–Trinajstić information content (AvgIpc) is 2.86. The SMILES string of the molecule is Cn1ccnc1C(OC(=O)CC12CC3CC(CC(Br)(C3)C1)C2)C(F)(F)F. The molecule has 144 valence electrons. The molecular formula is C18H22BrF3N2O2. The lowest BCUT2D eigenvalue weighted by atomic mass is 9.49. The number of aromatic nitrogens is 2. The van der Waals surface area contributed by atoms with E-state index in [1.54, 1.807) is 0 Å². The van der Waals surface area contributed by atoms with Gasteiger partial charge in [-0.25, -0.2) is 4.98 Å². The van der Waals surface area contributed by atoms with E-state index in [-0.39, 0.29) is 22.0 Å². The van der Waals surface area contributed by atoms with Crippen molar-refractivity contribution < 1.29 is 22.7 Å². The van der Waals surface area contributed by atoms with Crippen LogP contribution >= 0.6 is 15.9 Å². The van der Waals surface area contributed by atoms with Gasteiger partial charge in [-0.05, 0) is 55.8 Å². The number of imidazole rings is 1. The van der Waals surface area contributed by atoms with Crippen LogP contribution in [0.15, 0.2) is 12.4 Å². The molecule has 1 aromatic heterocycles. The van der Waals surface area contributed by atoms with Gasteiger partial charge in [0.15, 0.2) is 5.82 Å². The molecule has 4 nitrogen and oxygen atoms in total. The van der Waals surface area contributed by atoms with Crippen LogP contribution in [0.3, 0.4) is 0 Å². The molecular weight excluding hydrogens is 413 g/mol. The molecule has 4 aliphatic rings. The Morgan fingerprint density at radius 1 is 1.38 bits per heavy atom. The van der Waals surface area contributed by atoms with E-state index in [2.05, 4.69) is 20.9 Å². The second kappa shape index (κ2) is 5.97. The van der Waals surface area contributed by atoms with Crippen LogP contribution in [0.1, 0.15) is 56.9 Å². The molecule has 4 bridgehead atoms. The lowest BCUT2D eigenvalue weighted by Crippen LogP contribution is -2.53. The fourth-order valence-electron chi connectivity index (χ4n) is 5.92.